The number of hydrogen-bond acceptors (Lipinski definition) is 1. The summed E-state index contributed by atoms with van der Waals surface area (Å²) in [4.78, 5) is 4.27. The SMILES string of the molecule is Cc1c(C)n(C)c2nc[c]cc12. The van der Waals surface area contributed by atoms with Gasteiger partial charge in [0.15, 0.2) is 0 Å². The molecule has 0 aliphatic rings. The minimum Gasteiger partial charge on any atom is -0.333 e. The third kappa shape index (κ3) is 0.779. The molecular weight excluding hydrogens is 148 g/mol. The van der Waals surface area contributed by atoms with Crippen molar-refractivity contribution in [2.75, 3.05) is 0 Å². The Morgan fingerprint density at radius 2 is 2.17 bits per heavy atom. The number of rotatable bonds is 0. The lowest BCUT2D eigenvalue weighted by Gasteiger charge is -1.95. The van der Waals surface area contributed by atoms with E-state index in [4.69, 9.17) is 0 Å². The highest BCUT2D eigenvalue weighted by Gasteiger charge is 2.06. The van der Waals surface area contributed by atoms with Crippen LogP contribution in [0, 0.1) is 19.9 Å². The molecule has 12 heavy (non-hydrogen) atoms. The van der Waals surface area contributed by atoms with Crippen LogP contribution in [0.3, 0.4) is 0 Å². The summed E-state index contributed by atoms with van der Waals surface area (Å²) >= 11 is 0. The number of aryl methyl sites for hydroxylation is 2. The standard InChI is InChI=1S/C10H11N2/c1-7-8(2)12(3)10-9(7)5-4-6-11-10/h5-6H,1-3H3. The van der Waals surface area contributed by atoms with Gasteiger partial charge in [0.05, 0.1) is 0 Å². The van der Waals surface area contributed by atoms with Gasteiger partial charge in [-0.25, -0.2) is 4.98 Å². The maximum absolute atomic E-state index is 4.27. The van der Waals surface area contributed by atoms with Crippen LogP contribution < -0.4 is 0 Å². The molecule has 1 radical (unpaired) electrons. The predicted octanol–water partition coefficient (Wildman–Crippen LogP) is 1.99. The molecule has 0 N–H and O–H groups in total. The van der Waals surface area contributed by atoms with E-state index >= 15 is 0 Å². The van der Waals surface area contributed by atoms with E-state index in [0.29, 0.717) is 0 Å². The van der Waals surface area contributed by atoms with Crippen molar-refractivity contribution in [3.8, 4) is 0 Å². The van der Waals surface area contributed by atoms with Crippen molar-refractivity contribution in [1.82, 2.24) is 9.55 Å². The van der Waals surface area contributed by atoms with E-state index in [1.165, 1.54) is 16.6 Å². The van der Waals surface area contributed by atoms with E-state index in [2.05, 4.69) is 29.5 Å². The van der Waals surface area contributed by atoms with Crippen molar-refractivity contribution in [2.24, 2.45) is 7.05 Å². The average Bonchev–Trinajstić information content (AvgIpc) is 2.33. The summed E-state index contributed by atoms with van der Waals surface area (Å²) in [6, 6.07) is 4.98. The predicted molar refractivity (Wildman–Crippen MR) is 49.0 cm³/mol. The highest BCUT2D eigenvalue weighted by molar-refractivity contribution is 5.81. The van der Waals surface area contributed by atoms with Crippen LogP contribution in [0.1, 0.15) is 11.3 Å². The second-order valence-corrected chi connectivity index (χ2v) is 3.08. The Morgan fingerprint density at radius 1 is 1.42 bits per heavy atom. The van der Waals surface area contributed by atoms with Gasteiger partial charge in [0.1, 0.15) is 5.65 Å². The van der Waals surface area contributed by atoms with Gasteiger partial charge < -0.3 is 4.57 Å². The Kier molecular flexibility index (Phi) is 1.43. The second kappa shape index (κ2) is 2.34. The molecule has 0 fully saturated rings. The van der Waals surface area contributed by atoms with Gasteiger partial charge in [-0.15, -0.1) is 0 Å². The van der Waals surface area contributed by atoms with Crippen molar-refractivity contribution in [2.45, 2.75) is 13.8 Å². The van der Waals surface area contributed by atoms with Crippen molar-refractivity contribution in [3.63, 3.8) is 0 Å². The molecule has 2 aromatic heterocycles. The van der Waals surface area contributed by atoms with Crippen LogP contribution in [0.2, 0.25) is 0 Å². The zero-order valence-electron chi connectivity index (χ0n) is 7.55. The van der Waals surface area contributed by atoms with Crippen LogP contribution in [0.15, 0.2) is 12.3 Å². The second-order valence-electron chi connectivity index (χ2n) is 3.08. The number of pyridine rings is 1. The largest absolute Gasteiger partial charge is 0.333 e. The van der Waals surface area contributed by atoms with E-state index in [1.54, 1.807) is 6.20 Å². The van der Waals surface area contributed by atoms with Crippen molar-refractivity contribution >= 4 is 11.0 Å². The fourth-order valence-corrected chi connectivity index (χ4v) is 1.50. The summed E-state index contributed by atoms with van der Waals surface area (Å²) in [7, 11) is 2.04. The minimum absolute atomic E-state index is 1.05. The smallest absolute Gasteiger partial charge is 0.140 e. The first-order chi connectivity index (χ1) is 5.72. The lowest BCUT2D eigenvalue weighted by molar-refractivity contribution is 0.895. The van der Waals surface area contributed by atoms with Gasteiger partial charge in [-0.1, -0.05) is 0 Å². The summed E-state index contributed by atoms with van der Waals surface area (Å²) in [6.45, 7) is 4.23. The zero-order chi connectivity index (χ0) is 8.72. The summed E-state index contributed by atoms with van der Waals surface area (Å²) in [5, 5.41) is 1.21. The maximum atomic E-state index is 4.27. The van der Waals surface area contributed by atoms with Gasteiger partial charge >= 0.3 is 0 Å². The van der Waals surface area contributed by atoms with Crippen LogP contribution in [0.4, 0.5) is 0 Å². The normalized spacial score (nSPS) is 10.9. The molecule has 0 saturated heterocycles. The Labute approximate surface area is 71.8 Å². The molecule has 0 atom stereocenters. The van der Waals surface area contributed by atoms with Gasteiger partial charge in [-0.3, -0.25) is 0 Å². The number of fused-ring (bicyclic) bond motifs is 1. The summed E-state index contributed by atoms with van der Waals surface area (Å²) in [5.74, 6) is 0. The molecule has 0 aliphatic heterocycles. The topological polar surface area (TPSA) is 17.8 Å². The molecule has 2 nitrogen and oxygen atoms in total. The highest BCUT2D eigenvalue weighted by atomic mass is 15.0. The van der Waals surface area contributed by atoms with Crippen LogP contribution in [0.5, 0.6) is 0 Å². The van der Waals surface area contributed by atoms with Gasteiger partial charge in [0.25, 0.3) is 0 Å². The first-order valence-corrected chi connectivity index (χ1v) is 3.99. The zero-order valence-corrected chi connectivity index (χ0v) is 7.55. The van der Waals surface area contributed by atoms with Crippen molar-refractivity contribution in [3.05, 3.63) is 29.6 Å². The number of aromatic nitrogens is 2. The van der Waals surface area contributed by atoms with Crippen LogP contribution in [-0.2, 0) is 7.05 Å². The van der Waals surface area contributed by atoms with E-state index < -0.39 is 0 Å². The van der Waals surface area contributed by atoms with Crippen LogP contribution >= 0.6 is 0 Å². The molecule has 2 heteroatoms. The lowest BCUT2D eigenvalue weighted by Crippen LogP contribution is -1.91. The average molecular weight is 159 g/mol. The molecule has 0 saturated carbocycles. The third-order valence-electron chi connectivity index (χ3n) is 2.50. The Morgan fingerprint density at radius 3 is 2.83 bits per heavy atom. The Hall–Kier alpha value is -1.31. The molecule has 61 valence electrons. The molecule has 0 bridgehead atoms. The minimum atomic E-state index is 1.05. The van der Waals surface area contributed by atoms with Crippen molar-refractivity contribution < 1.29 is 0 Å². The lowest BCUT2D eigenvalue weighted by atomic mass is 10.2. The summed E-state index contributed by atoms with van der Waals surface area (Å²) in [5.41, 5.74) is 3.62. The van der Waals surface area contributed by atoms with E-state index in [0.717, 1.165) is 5.65 Å². The Bertz CT molecular complexity index is 388. The van der Waals surface area contributed by atoms with Crippen LogP contribution in [-0.4, -0.2) is 9.55 Å². The number of nitrogens with zero attached hydrogens (tertiary/aromatic N) is 2. The van der Waals surface area contributed by atoms with Crippen molar-refractivity contribution in [1.29, 1.82) is 0 Å². The first-order valence-electron chi connectivity index (χ1n) is 3.99. The van der Waals surface area contributed by atoms with Gasteiger partial charge in [-0.05, 0) is 25.5 Å². The monoisotopic (exact) mass is 159 g/mol. The first kappa shape index (κ1) is 7.35. The molecule has 0 spiro atoms. The van der Waals surface area contributed by atoms with E-state index in [9.17, 15) is 0 Å². The van der Waals surface area contributed by atoms with Gasteiger partial charge in [0.2, 0.25) is 0 Å². The third-order valence-corrected chi connectivity index (χ3v) is 2.50. The fraction of sp³-hybridized carbons (Fsp3) is 0.300. The number of hydrogen-bond donors (Lipinski definition) is 0. The van der Waals surface area contributed by atoms with E-state index in [1.807, 2.05) is 13.1 Å². The van der Waals surface area contributed by atoms with Crippen LogP contribution in [0.25, 0.3) is 11.0 Å². The molecule has 0 amide bonds. The highest BCUT2D eigenvalue weighted by Crippen LogP contribution is 2.20. The molecule has 2 heterocycles. The Balaban J connectivity index is 2.99. The van der Waals surface area contributed by atoms with Gasteiger partial charge in [-0.2, -0.15) is 0 Å². The van der Waals surface area contributed by atoms with Gasteiger partial charge in [0, 0.05) is 30.4 Å². The molecule has 0 unspecified atom stereocenters. The summed E-state index contributed by atoms with van der Waals surface area (Å²) in [6.07, 6.45) is 1.71. The molecule has 2 aromatic rings. The quantitative estimate of drug-likeness (QED) is 0.574. The maximum Gasteiger partial charge on any atom is 0.140 e. The molecule has 0 aliphatic carbocycles. The summed E-state index contributed by atoms with van der Waals surface area (Å²) < 4.78 is 2.11. The molecule has 2 rings (SSSR count). The van der Waals surface area contributed by atoms with E-state index in [-0.39, 0.29) is 0 Å². The molecule has 0 aromatic carbocycles. The molecular formula is C10H11N2. The fourth-order valence-electron chi connectivity index (χ4n) is 1.50.